The zero-order valence-electron chi connectivity index (χ0n) is 14.4. The van der Waals surface area contributed by atoms with Crippen molar-refractivity contribution in [3.63, 3.8) is 0 Å². The number of amidine groups is 1. The molecule has 0 bridgehead atoms. The van der Waals surface area contributed by atoms with E-state index in [9.17, 15) is 4.79 Å². The molecule has 27 heavy (non-hydrogen) atoms. The van der Waals surface area contributed by atoms with E-state index in [0.29, 0.717) is 34.5 Å². The lowest BCUT2D eigenvalue weighted by Crippen LogP contribution is -2.32. The van der Waals surface area contributed by atoms with Gasteiger partial charge in [-0.3, -0.25) is 14.7 Å². The number of amides is 1. The molecular weight excluding hydrogens is 399 g/mol. The first-order valence-electron chi connectivity index (χ1n) is 8.54. The predicted molar refractivity (Wildman–Crippen MR) is 115 cm³/mol. The van der Waals surface area contributed by atoms with E-state index in [1.807, 2.05) is 54.6 Å². The molecule has 0 aliphatic carbocycles. The standard InChI is InChI=1S/C21H16Cl2N2OS/c22-18-8-7-17(19(23)12-18)13-27-21-24-9-10-25(21)20(26)16-6-5-14-3-1-2-4-15(14)11-16/h1-8,11-12H,9-10,13H2. The highest BCUT2D eigenvalue weighted by Gasteiger charge is 2.25. The van der Waals surface area contributed by atoms with E-state index in [0.717, 1.165) is 21.5 Å². The quantitative estimate of drug-likeness (QED) is 0.534. The van der Waals surface area contributed by atoms with Crippen molar-refractivity contribution < 1.29 is 4.79 Å². The van der Waals surface area contributed by atoms with Crippen LogP contribution in [-0.4, -0.2) is 29.1 Å². The maximum Gasteiger partial charge on any atom is 0.259 e. The topological polar surface area (TPSA) is 32.7 Å². The van der Waals surface area contributed by atoms with Crippen LogP contribution in [0.15, 0.2) is 65.7 Å². The van der Waals surface area contributed by atoms with Crippen molar-refractivity contribution in [2.24, 2.45) is 4.99 Å². The Balaban J connectivity index is 1.50. The number of rotatable bonds is 3. The van der Waals surface area contributed by atoms with Gasteiger partial charge in [-0.1, -0.05) is 71.4 Å². The summed E-state index contributed by atoms with van der Waals surface area (Å²) in [5.41, 5.74) is 1.65. The number of hydrogen-bond donors (Lipinski definition) is 0. The molecule has 0 unspecified atom stereocenters. The molecule has 0 radical (unpaired) electrons. The molecular formula is C21H16Cl2N2OS. The maximum atomic E-state index is 13.0. The van der Waals surface area contributed by atoms with Crippen molar-refractivity contribution in [2.75, 3.05) is 13.1 Å². The summed E-state index contributed by atoms with van der Waals surface area (Å²) in [6.07, 6.45) is 0. The Labute approximate surface area is 172 Å². The molecule has 1 aliphatic heterocycles. The minimum atomic E-state index is -0.0216. The van der Waals surface area contributed by atoms with Crippen molar-refractivity contribution >= 4 is 56.8 Å². The number of aliphatic imine (C=N–C) groups is 1. The lowest BCUT2D eigenvalue weighted by Gasteiger charge is -2.18. The van der Waals surface area contributed by atoms with Gasteiger partial charge in [0, 0.05) is 27.9 Å². The second-order valence-corrected chi connectivity index (χ2v) is 7.99. The monoisotopic (exact) mass is 414 g/mol. The average molecular weight is 415 g/mol. The van der Waals surface area contributed by atoms with Crippen molar-refractivity contribution in [3.8, 4) is 0 Å². The molecule has 6 heteroatoms. The third-order valence-corrected chi connectivity index (χ3v) is 6.06. The Morgan fingerprint density at radius 2 is 1.85 bits per heavy atom. The average Bonchev–Trinajstić information content (AvgIpc) is 3.15. The van der Waals surface area contributed by atoms with Gasteiger partial charge in [-0.05, 0) is 40.6 Å². The van der Waals surface area contributed by atoms with E-state index >= 15 is 0 Å². The molecule has 0 atom stereocenters. The van der Waals surface area contributed by atoms with Gasteiger partial charge >= 0.3 is 0 Å². The Bertz CT molecular complexity index is 1050. The molecule has 0 saturated carbocycles. The Morgan fingerprint density at radius 1 is 1.04 bits per heavy atom. The highest BCUT2D eigenvalue weighted by atomic mass is 35.5. The van der Waals surface area contributed by atoms with Gasteiger partial charge in [0.15, 0.2) is 5.17 Å². The SMILES string of the molecule is O=C(c1ccc2ccccc2c1)N1CCN=C1SCc1ccc(Cl)cc1Cl. The third-order valence-electron chi connectivity index (χ3n) is 4.42. The Hall–Kier alpha value is -2.01. The van der Waals surface area contributed by atoms with Crippen LogP contribution < -0.4 is 0 Å². The number of carbonyl (C=O) groups is 1. The number of hydrogen-bond acceptors (Lipinski definition) is 3. The fraction of sp³-hybridized carbons (Fsp3) is 0.143. The number of carbonyl (C=O) groups excluding carboxylic acids is 1. The summed E-state index contributed by atoms with van der Waals surface area (Å²) in [7, 11) is 0. The minimum absolute atomic E-state index is 0.0216. The first-order chi connectivity index (χ1) is 13.1. The van der Waals surface area contributed by atoms with Crippen molar-refractivity contribution in [2.45, 2.75) is 5.75 Å². The van der Waals surface area contributed by atoms with Crippen molar-refractivity contribution in [3.05, 3.63) is 81.8 Å². The zero-order valence-corrected chi connectivity index (χ0v) is 16.7. The molecule has 0 N–H and O–H groups in total. The van der Waals surface area contributed by atoms with Crippen LogP contribution in [0, 0.1) is 0 Å². The Morgan fingerprint density at radius 3 is 2.67 bits per heavy atom. The molecule has 1 aliphatic rings. The number of thioether (sulfide) groups is 1. The molecule has 3 aromatic carbocycles. The number of nitrogens with zero attached hydrogens (tertiary/aromatic N) is 2. The molecule has 0 saturated heterocycles. The lowest BCUT2D eigenvalue weighted by molar-refractivity contribution is 0.0861. The van der Waals surface area contributed by atoms with Crippen LogP contribution in [0.25, 0.3) is 10.8 Å². The van der Waals surface area contributed by atoms with Gasteiger partial charge in [0.2, 0.25) is 0 Å². The summed E-state index contributed by atoms with van der Waals surface area (Å²) < 4.78 is 0. The minimum Gasteiger partial charge on any atom is -0.286 e. The van der Waals surface area contributed by atoms with E-state index in [-0.39, 0.29) is 5.91 Å². The second-order valence-electron chi connectivity index (χ2n) is 6.21. The fourth-order valence-corrected chi connectivity index (χ4v) is 4.60. The maximum absolute atomic E-state index is 13.0. The first-order valence-corrected chi connectivity index (χ1v) is 10.3. The highest BCUT2D eigenvalue weighted by molar-refractivity contribution is 8.13. The summed E-state index contributed by atoms with van der Waals surface area (Å²) in [6, 6.07) is 19.3. The Kier molecular flexibility index (Phi) is 5.39. The fourth-order valence-electron chi connectivity index (χ4n) is 3.00. The van der Waals surface area contributed by atoms with Gasteiger partial charge in [0.1, 0.15) is 0 Å². The lowest BCUT2D eigenvalue weighted by atomic mass is 10.1. The van der Waals surface area contributed by atoms with E-state index in [1.165, 1.54) is 11.8 Å². The van der Waals surface area contributed by atoms with E-state index in [4.69, 9.17) is 23.2 Å². The zero-order chi connectivity index (χ0) is 18.8. The third kappa shape index (κ3) is 3.98. The van der Waals surface area contributed by atoms with Gasteiger partial charge in [-0.25, -0.2) is 0 Å². The van der Waals surface area contributed by atoms with E-state index in [2.05, 4.69) is 4.99 Å². The molecule has 1 amide bonds. The van der Waals surface area contributed by atoms with Gasteiger partial charge < -0.3 is 0 Å². The molecule has 136 valence electrons. The molecule has 0 aromatic heterocycles. The van der Waals surface area contributed by atoms with Crippen molar-refractivity contribution in [1.29, 1.82) is 0 Å². The summed E-state index contributed by atoms with van der Waals surface area (Å²) in [6.45, 7) is 1.22. The summed E-state index contributed by atoms with van der Waals surface area (Å²) in [4.78, 5) is 19.3. The summed E-state index contributed by atoms with van der Waals surface area (Å²) in [5, 5.41) is 4.15. The van der Waals surface area contributed by atoms with E-state index < -0.39 is 0 Å². The molecule has 0 fully saturated rings. The smallest absolute Gasteiger partial charge is 0.259 e. The number of benzene rings is 3. The van der Waals surface area contributed by atoms with Gasteiger partial charge in [-0.2, -0.15) is 0 Å². The van der Waals surface area contributed by atoms with Crippen LogP contribution in [0.4, 0.5) is 0 Å². The largest absolute Gasteiger partial charge is 0.286 e. The van der Waals surface area contributed by atoms with Crippen LogP contribution in [0.2, 0.25) is 10.0 Å². The predicted octanol–water partition coefficient (Wildman–Crippen LogP) is 5.89. The van der Waals surface area contributed by atoms with Crippen LogP contribution >= 0.6 is 35.0 Å². The van der Waals surface area contributed by atoms with E-state index in [1.54, 1.807) is 11.0 Å². The molecule has 1 heterocycles. The molecule has 0 spiro atoms. The first kappa shape index (κ1) is 18.4. The van der Waals surface area contributed by atoms with Gasteiger partial charge in [0.05, 0.1) is 6.54 Å². The summed E-state index contributed by atoms with van der Waals surface area (Å²) >= 11 is 13.7. The summed E-state index contributed by atoms with van der Waals surface area (Å²) in [5.74, 6) is 0.614. The highest BCUT2D eigenvalue weighted by Crippen LogP contribution is 2.27. The number of fused-ring (bicyclic) bond motifs is 1. The van der Waals surface area contributed by atoms with Crippen molar-refractivity contribution in [1.82, 2.24) is 4.90 Å². The van der Waals surface area contributed by atoms with Crippen LogP contribution in [0.1, 0.15) is 15.9 Å². The van der Waals surface area contributed by atoms with Crippen LogP contribution in [0.5, 0.6) is 0 Å². The van der Waals surface area contributed by atoms with Crippen LogP contribution in [0.3, 0.4) is 0 Å². The second kappa shape index (κ2) is 7.93. The number of halogens is 2. The molecule has 3 aromatic rings. The molecule has 3 nitrogen and oxygen atoms in total. The van der Waals surface area contributed by atoms with Gasteiger partial charge in [0.25, 0.3) is 5.91 Å². The molecule has 4 rings (SSSR count). The van der Waals surface area contributed by atoms with Gasteiger partial charge in [-0.15, -0.1) is 0 Å². The normalized spacial score (nSPS) is 13.9. The van der Waals surface area contributed by atoms with Crippen LogP contribution in [-0.2, 0) is 5.75 Å².